The molecule has 0 aliphatic rings. The maximum absolute atomic E-state index is 11.2. The summed E-state index contributed by atoms with van der Waals surface area (Å²) in [7, 11) is 0. The molecule has 1 rings (SSSR count). The highest BCUT2D eigenvalue weighted by Crippen LogP contribution is 1.95. The summed E-state index contributed by atoms with van der Waals surface area (Å²) in [6, 6.07) is 3.17. The normalized spacial score (nSPS) is 11.6. The molecule has 1 unspecified atom stereocenters. The summed E-state index contributed by atoms with van der Waals surface area (Å²) in [5.41, 5.74) is 1.04. The zero-order valence-corrected chi connectivity index (χ0v) is 9.67. The number of carbonyl (C=O) groups excluding carboxylic acids is 1. The Balaban J connectivity index is 2.16. The minimum Gasteiger partial charge on any atom is -0.479 e. The molecule has 0 bridgehead atoms. The van der Waals surface area contributed by atoms with Crippen LogP contribution in [-0.4, -0.2) is 46.4 Å². The first kappa shape index (κ1) is 13.9. The van der Waals surface area contributed by atoms with Crippen molar-refractivity contribution in [1.82, 2.24) is 15.6 Å². The van der Waals surface area contributed by atoms with Gasteiger partial charge in [0.25, 0.3) is 0 Å². The Morgan fingerprint density at radius 3 is 2.56 bits per heavy atom. The minimum atomic E-state index is -1.59. The fourth-order valence-corrected chi connectivity index (χ4v) is 1.21. The number of rotatable bonds is 6. The lowest BCUT2D eigenvalue weighted by molar-refractivity contribution is -0.146. The van der Waals surface area contributed by atoms with Crippen molar-refractivity contribution in [1.29, 1.82) is 0 Å². The number of nitrogens with one attached hydrogen (secondary N) is 2. The fraction of sp³-hybridized carbons (Fsp3) is 0.364. The fourth-order valence-electron chi connectivity index (χ4n) is 1.21. The van der Waals surface area contributed by atoms with E-state index >= 15 is 0 Å². The Bertz CT molecular complexity index is 397. The highest BCUT2D eigenvalue weighted by Gasteiger charge is 2.13. The third kappa shape index (κ3) is 5.26. The summed E-state index contributed by atoms with van der Waals surface area (Å²) in [5.74, 6) is -1.37. The number of urea groups is 1. The van der Waals surface area contributed by atoms with Gasteiger partial charge in [0.2, 0.25) is 0 Å². The smallest absolute Gasteiger partial charge is 0.334 e. The number of nitrogens with zero attached hydrogens (tertiary/aromatic N) is 1. The molecule has 0 fully saturated rings. The molecule has 98 valence electrons. The SMILES string of the molecule is O=C(NCCc1ccncc1)NCC(O)C(=O)O. The van der Waals surface area contributed by atoms with E-state index in [1.54, 1.807) is 12.4 Å². The average molecular weight is 253 g/mol. The van der Waals surface area contributed by atoms with Crippen LogP contribution in [0, 0.1) is 0 Å². The van der Waals surface area contributed by atoms with Gasteiger partial charge >= 0.3 is 12.0 Å². The Labute approximate surface area is 104 Å². The number of carbonyl (C=O) groups is 2. The second-order valence-corrected chi connectivity index (χ2v) is 3.60. The predicted molar refractivity (Wildman–Crippen MR) is 63.0 cm³/mol. The van der Waals surface area contributed by atoms with Gasteiger partial charge in [-0.15, -0.1) is 0 Å². The van der Waals surface area contributed by atoms with E-state index in [9.17, 15) is 9.59 Å². The summed E-state index contributed by atoms with van der Waals surface area (Å²) in [6.07, 6.45) is 2.39. The zero-order valence-electron chi connectivity index (χ0n) is 9.67. The minimum absolute atomic E-state index is 0.323. The van der Waals surface area contributed by atoms with Crippen LogP contribution < -0.4 is 10.6 Å². The molecular weight excluding hydrogens is 238 g/mol. The maximum atomic E-state index is 11.2. The molecule has 0 spiro atoms. The first-order valence-electron chi connectivity index (χ1n) is 5.41. The monoisotopic (exact) mass is 253 g/mol. The summed E-state index contributed by atoms with van der Waals surface area (Å²) < 4.78 is 0. The van der Waals surface area contributed by atoms with E-state index in [4.69, 9.17) is 10.2 Å². The lowest BCUT2D eigenvalue weighted by atomic mass is 10.2. The molecular formula is C11H15N3O4. The van der Waals surface area contributed by atoms with Gasteiger partial charge in [-0.1, -0.05) is 0 Å². The van der Waals surface area contributed by atoms with Crippen molar-refractivity contribution in [3.8, 4) is 0 Å². The van der Waals surface area contributed by atoms with Gasteiger partial charge in [-0.05, 0) is 24.1 Å². The van der Waals surface area contributed by atoms with Crippen molar-refractivity contribution in [3.63, 3.8) is 0 Å². The van der Waals surface area contributed by atoms with E-state index < -0.39 is 18.1 Å². The third-order valence-electron chi connectivity index (χ3n) is 2.19. The molecule has 0 saturated carbocycles. The number of carboxylic acid groups (broad SMARTS) is 1. The first-order valence-corrected chi connectivity index (χ1v) is 5.41. The van der Waals surface area contributed by atoms with E-state index in [1.807, 2.05) is 12.1 Å². The molecule has 0 radical (unpaired) electrons. The number of hydrogen-bond acceptors (Lipinski definition) is 4. The van der Waals surface area contributed by atoms with E-state index in [-0.39, 0.29) is 6.54 Å². The van der Waals surface area contributed by atoms with Gasteiger partial charge in [-0.25, -0.2) is 9.59 Å². The third-order valence-corrected chi connectivity index (χ3v) is 2.19. The van der Waals surface area contributed by atoms with Crippen molar-refractivity contribution in [2.75, 3.05) is 13.1 Å². The van der Waals surface area contributed by atoms with Crippen LogP contribution in [0.25, 0.3) is 0 Å². The van der Waals surface area contributed by atoms with Crippen LogP contribution in [0.5, 0.6) is 0 Å². The summed E-state index contributed by atoms with van der Waals surface area (Å²) in [5, 5.41) is 22.1. The maximum Gasteiger partial charge on any atom is 0.334 e. The predicted octanol–water partition coefficient (Wildman–Crippen LogP) is -0.631. The molecule has 7 heteroatoms. The van der Waals surface area contributed by atoms with Gasteiger partial charge in [-0.3, -0.25) is 4.98 Å². The summed E-state index contributed by atoms with van der Waals surface area (Å²) in [6.45, 7) is 0.0927. The van der Waals surface area contributed by atoms with E-state index in [0.29, 0.717) is 13.0 Å². The van der Waals surface area contributed by atoms with Crippen molar-refractivity contribution in [2.45, 2.75) is 12.5 Å². The molecule has 1 aromatic rings. The number of amides is 2. The molecule has 1 heterocycles. The standard InChI is InChI=1S/C11H15N3O4/c15-9(10(16)17)7-14-11(18)13-6-3-8-1-4-12-5-2-8/h1-2,4-5,9,15H,3,6-7H2,(H,16,17)(H2,13,14,18). The molecule has 1 aromatic heterocycles. The lowest BCUT2D eigenvalue weighted by Crippen LogP contribution is -2.42. The van der Waals surface area contributed by atoms with Gasteiger partial charge in [0.05, 0.1) is 6.54 Å². The van der Waals surface area contributed by atoms with Crippen LogP contribution in [0.1, 0.15) is 5.56 Å². The van der Waals surface area contributed by atoms with Gasteiger partial charge in [-0.2, -0.15) is 0 Å². The van der Waals surface area contributed by atoms with Gasteiger partial charge in [0.1, 0.15) is 0 Å². The first-order chi connectivity index (χ1) is 8.59. The highest BCUT2D eigenvalue weighted by atomic mass is 16.4. The number of aliphatic hydroxyl groups is 1. The van der Waals surface area contributed by atoms with Crippen molar-refractivity contribution >= 4 is 12.0 Å². The molecule has 0 saturated heterocycles. The number of hydrogen-bond donors (Lipinski definition) is 4. The number of aliphatic carboxylic acids is 1. The van der Waals surface area contributed by atoms with E-state index in [0.717, 1.165) is 5.56 Å². The molecule has 4 N–H and O–H groups in total. The molecule has 18 heavy (non-hydrogen) atoms. The molecule has 7 nitrogen and oxygen atoms in total. The van der Waals surface area contributed by atoms with Crippen LogP contribution in [0.4, 0.5) is 4.79 Å². The average Bonchev–Trinajstić information content (AvgIpc) is 2.37. The molecule has 0 aromatic carbocycles. The second-order valence-electron chi connectivity index (χ2n) is 3.60. The van der Waals surface area contributed by atoms with Crippen molar-refractivity contribution < 1.29 is 19.8 Å². The van der Waals surface area contributed by atoms with Gasteiger partial charge < -0.3 is 20.8 Å². The molecule has 2 amide bonds. The Morgan fingerprint density at radius 2 is 1.94 bits per heavy atom. The molecule has 0 aliphatic carbocycles. The van der Waals surface area contributed by atoms with E-state index in [2.05, 4.69) is 15.6 Å². The van der Waals surface area contributed by atoms with Gasteiger partial charge in [0, 0.05) is 18.9 Å². The summed E-state index contributed by atoms with van der Waals surface area (Å²) in [4.78, 5) is 25.4. The number of carboxylic acids is 1. The van der Waals surface area contributed by atoms with Crippen LogP contribution in [-0.2, 0) is 11.2 Å². The van der Waals surface area contributed by atoms with E-state index in [1.165, 1.54) is 0 Å². The van der Waals surface area contributed by atoms with Gasteiger partial charge in [0.15, 0.2) is 6.10 Å². The summed E-state index contributed by atoms with van der Waals surface area (Å²) >= 11 is 0. The number of aromatic nitrogens is 1. The lowest BCUT2D eigenvalue weighted by Gasteiger charge is -2.09. The van der Waals surface area contributed by atoms with Crippen molar-refractivity contribution in [2.24, 2.45) is 0 Å². The molecule has 0 aliphatic heterocycles. The Hall–Kier alpha value is -2.15. The quantitative estimate of drug-likeness (QED) is 0.539. The molecule has 1 atom stereocenters. The largest absolute Gasteiger partial charge is 0.479 e. The van der Waals surface area contributed by atoms with Crippen molar-refractivity contribution in [3.05, 3.63) is 30.1 Å². The number of pyridine rings is 1. The van der Waals surface area contributed by atoms with Crippen LogP contribution >= 0.6 is 0 Å². The highest BCUT2D eigenvalue weighted by molar-refractivity contribution is 5.76. The zero-order chi connectivity index (χ0) is 13.4. The topological polar surface area (TPSA) is 112 Å². The second kappa shape index (κ2) is 7.23. The van der Waals surface area contributed by atoms with Crippen LogP contribution in [0.15, 0.2) is 24.5 Å². The Morgan fingerprint density at radius 1 is 1.28 bits per heavy atom. The number of aliphatic hydroxyl groups excluding tert-OH is 1. The van der Waals surface area contributed by atoms with Crippen LogP contribution in [0.3, 0.4) is 0 Å². The van der Waals surface area contributed by atoms with Crippen LogP contribution in [0.2, 0.25) is 0 Å². The Kier molecular flexibility index (Phi) is 5.59.